The second-order valence-electron chi connectivity index (χ2n) is 6.22. The van der Waals surface area contributed by atoms with Crippen molar-refractivity contribution in [2.45, 2.75) is 0 Å². The molecule has 7 heteroatoms. The van der Waals surface area contributed by atoms with Gasteiger partial charge in [-0.1, -0.05) is 0 Å². The lowest BCUT2D eigenvalue weighted by Gasteiger charge is -2.32. The number of nitrogens with zero attached hydrogens (tertiary/aromatic N) is 3. The Balaban J connectivity index is 1.62. The number of aromatic nitrogens is 1. The van der Waals surface area contributed by atoms with E-state index in [1.807, 2.05) is 4.90 Å². The number of anilines is 2. The number of benzene rings is 1. The van der Waals surface area contributed by atoms with Crippen molar-refractivity contribution in [2.24, 2.45) is 0 Å². The number of pyridine rings is 1. The first kappa shape index (κ1) is 17.9. The highest BCUT2D eigenvalue weighted by Gasteiger charge is 2.20. The number of carbonyl (C=O) groups excluding carboxylic acids is 2. The zero-order chi connectivity index (χ0) is 18.5. The van der Waals surface area contributed by atoms with Crippen LogP contribution in [-0.4, -0.2) is 67.0 Å². The highest BCUT2D eigenvalue weighted by molar-refractivity contribution is 5.94. The van der Waals surface area contributed by atoms with E-state index in [1.165, 1.54) is 7.11 Å². The fraction of sp³-hybridized carbons (Fsp3) is 0.316. The number of esters is 1. The highest BCUT2D eigenvalue weighted by Crippen LogP contribution is 2.17. The van der Waals surface area contributed by atoms with Gasteiger partial charge in [-0.25, -0.2) is 9.78 Å². The number of methoxy groups -OCH3 is 1. The Labute approximate surface area is 152 Å². The number of amides is 1. The Morgan fingerprint density at radius 2 is 1.65 bits per heavy atom. The molecule has 3 rings (SSSR count). The van der Waals surface area contributed by atoms with E-state index in [9.17, 15) is 9.59 Å². The third kappa shape index (κ3) is 4.18. The fourth-order valence-corrected chi connectivity index (χ4v) is 2.74. The zero-order valence-corrected chi connectivity index (χ0v) is 14.9. The Morgan fingerprint density at radius 1 is 1.00 bits per heavy atom. The first-order chi connectivity index (χ1) is 12.6. The smallest absolute Gasteiger partial charge is 0.337 e. The number of ether oxygens (including phenoxy) is 1. The molecule has 0 radical (unpaired) electrons. The summed E-state index contributed by atoms with van der Waals surface area (Å²) in [6, 6.07) is 10.5. The van der Waals surface area contributed by atoms with Crippen molar-refractivity contribution in [3.63, 3.8) is 0 Å². The molecule has 26 heavy (non-hydrogen) atoms. The Morgan fingerprint density at radius 3 is 2.23 bits per heavy atom. The lowest BCUT2D eigenvalue weighted by molar-refractivity contribution is 0.0600. The fourth-order valence-electron chi connectivity index (χ4n) is 2.74. The second kappa shape index (κ2) is 7.97. The van der Waals surface area contributed by atoms with Gasteiger partial charge in [0.15, 0.2) is 0 Å². The van der Waals surface area contributed by atoms with Crippen LogP contribution in [0.4, 0.5) is 11.5 Å². The normalized spacial score (nSPS) is 14.8. The summed E-state index contributed by atoms with van der Waals surface area (Å²) < 4.78 is 4.68. The molecule has 0 spiro atoms. The summed E-state index contributed by atoms with van der Waals surface area (Å²) in [4.78, 5) is 32.3. The molecule has 1 amide bonds. The molecule has 0 atom stereocenters. The number of likely N-dealkylation sites (N-methyl/N-ethyl adjacent to an activating group) is 1. The molecule has 1 fully saturated rings. The van der Waals surface area contributed by atoms with Crippen molar-refractivity contribution >= 4 is 23.4 Å². The van der Waals surface area contributed by atoms with E-state index in [0.29, 0.717) is 16.9 Å². The van der Waals surface area contributed by atoms with Gasteiger partial charge < -0.3 is 19.9 Å². The first-order valence-electron chi connectivity index (χ1n) is 8.46. The van der Waals surface area contributed by atoms with Crippen LogP contribution in [0.2, 0.25) is 0 Å². The molecule has 0 unspecified atom stereocenters. The Kier molecular flexibility index (Phi) is 5.48. The predicted octanol–water partition coefficient (Wildman–Crippen LogP) is 2.00. The summed E-state index contributed by atoms with van der Waals surface area (Å²) in [5.74, 6) is 0.270. The van der Waals surface area contributed by atoms with E-state index in [1.54, 1.807) is 42.6 Å². The predicted molar refractivity (Wildman–Crippen MR) is 98.7 cm³/mol. The van der Waals surface area contributed by atoms with Crippen molar-refractivity contribution in [3.8, 4) is 0 Å². The number of nitrogens with one attached hydrogen (secondary N) is 1. The third-order valence-corrected chi connectivity index (χ3v) is 4.38. The molecule has 136 valence electrons. The minimum absolute atomic E-state index is 0.0135. The summed E-state index contributed by atoms with van der Waals surface area (Å²) in [5.41, 5.74) is 1.86. The van der Waals surface area contributed by atoms with Crippen LogP contribution in [0.1, 0.15) is 20.7 Å². The maximum absolute atomic E-state index is 12.5. The summed E-state index contributed by atoms with van der Waals surface area (Å²) in [6.45, 7) is 3.25. The van der Waals surface area contributed by atoms with Gasteiger partial charge in [-0.05, 0) is 43.4 Å². The molecule has 0 aliphatic carbocycles. The van der Waals surface area contributed by atoms with Crippen molar-refractivity contribution < 1.29 is 14.3 Å². The lowest BCUT2D eigenvalue weighted by atomic mass is 10.2. The lowest BCUT2D eigenvalue weighted by Crippen LogP contribution is -2.47. The summed E-state index contributed by atoms with van der Waals surface area (Å²) in [5, 5.41) is 3.14. The number of rotatable bonds is 4. The van der Waals surface area contributed by atoms with Gasteiger partial charge in [-0.15, -0.1) is 0 Å². The first-order valence-corrected chi connectivity index (χ1v) is 8.46. The van der Waals surface area contributed by atoms with Crippen molar-refractivity contribution in [2.75, 3.05) is 45.7 Å². The standard InChI is InChI=1S/C19H22N4O3/c1-22-9-11-23(12-10-22)18(24)15-5-8-17(20-13-15)21-16-6-3-14(4-7-16)19(25)26-2/h3-8,13H,9-12H2,1-2H3,(H,20,21). The van der Waals surface area contributed by atoms with E-state index in [0.717, 1.165) is 31.9 Å². The van der Waals surface area contributed by atoms with Crippen LogP contribution in [0.25, 0.3) is 0 Å². The Bertz CT molecular complexity index is 766. The molecular formula is C19H22N4O3. The summed E-state index contributed by atoms with van der Waals surface area (Å²) in [6.07, 6.45) is 1.59. The average Bonchev–Trinajstić information content (AvgIpc) is 2.68. The van der Waals surface area contributed by atoms with E-state index in [4.69, 9.17) is 0 Å². The number of hydrogen-bond donors (Lipinski definition) is 1. The van der Waals surface area contributed by atoms with Crippen LogP contribution in [0.15, 0.2) is 42.6 Å². The van der Waals surface area contributed by atoms with Crippen LogP contribution >= 0.6 is 0 Å². The Hall–Kier alpha value is -2.93. The molecule has 1 aromatic carbocycles. The average molecular weight is 354 g/mol. The summed E-state index contributed by atoms with van der Waals surface area (Å²) >= 11 is 0. The second-order valence-corrected chi connectivity index (χ2v) is 6.22. The zero-order valence-electron chi connectivity index (χ0n) is 14.9. The maximum Gasteiger partial charge on any atom is 0.337 e. The van der Waals surface area contributed by atoms with E-state index >= 15 is 0 Å². The van der Waals surface area contributed by atoms with Gasteiger partial charge in [0.25, 0.3) is 5.91 Å². The molecule has 1 aliphatic heterocycles. The molecule has 1 aromatic heterocycles. The van der Waals surface area contributed by atoms with Crippen molar-refractivity contribution in [1.82, 2.24) is 14.8 Å². The van der Waals surface area contributed by atoms with E-state index in [-0.39, 0.29) is 11.9 Å². The molecular weight excluding hydrogens is 332 g/mol. The number of carbonyl (C=O) groups is 2. The molecule has 2 heterocycles. The van der Waals surface area contributed by atoms with Crippen LogP contribution in [0.3, 0.4) is 0 Å². The van der Waals surface area contributed by atoms with Gasteiger partial charge in [-0.2, -0.15) is 0 Å². The molecule has 0 saturated carbocycles. The summed E-state index contributed by atoms with van der Waals surface area (Å²) in [7, 11) is 3.41. The molecule has 2 aromatic rings. The van der Waals surface area contributed by atoms with E-state index in [2.05, 4.69) is 27.0 Å². The van der Waals surface area contributed by atoms with Gasteiger partial charge in [0.2, 0.25) is 0 Å². The molecule has 1 N–H and O–H groups in total. The monoisotopic (exact) mass is 354 g/mol. The molecule has 1 aliphatic rings. The number of piperazine rings is 1. The van der Waals surface area contributed by atoms with Gasteiger partial charge >= 0.3 is 5.97 Å². The van der Waals surface area contributed by atoms with Gasteiger partial charge in [0, 0.05) is 38.1 Å². The van der Waals surface area contributed by atoms with E-state index < -0.39 is 0 Å². The minimum Gasteiger partial charge on any atom is -0.465 e. The van der Waals surface area contributed by atoms with Gasteiger partial charge in [0.1, 0.15) is 5.82 Å². The SMILES string of the molecule is COC(=O)c1ccc(Nc2ccc(C(=O)N3CCN(C)CC3)cn2)cc1. The van der Waals surface area contributed by atoms with Crippen LogP contribution in [0.5, 0.6) is 0 Å². The molecule has 7 nitrogen and oxygen atoms in total. The van der Waals surface area contributed by atoms with Crippen LogP contribution in [0, 0.1) is 0 Å². The number of hydrogen-bond acceptors (Lipinski definition) is 6. The molecule has 1 saturated heterocycles. The van der Waals surface area contributed by atoms with Crippen LogP contribution < -0.4 is 5.32 Å². The third-order valence-electron chi connectivity index (χ3n) is 4.38. The van der Waals surface area contributed by atoms with Crippen molar-refractivity contribution in [1.29, 1.82) is 0 Å². The topological polar surface area (TPSA) is 74.8 Å². The van der Waals surface area contributed by atoms with Gasteiger partial charge in [0.05, 0.1) is 18.2 Å². The maximum atomic E-state index is 12.5. The van der Waals surface area contributed by atoms with Gasteiger partial charge in [-0.3, -0.25) is 4.79 Å². The van der Waals surface area contributed by atoms with Crippen molar-refractivity contribution in [3.05, 3.63) is 53.7 Å². The highest BCUT2D eigenvalue weighted by atomic mass is 16.5. The molecule has 0 bridgehead atoms. The van der Waals surface area contributed by atoms with Crippen LogP contribution in [-0.2, 0) is 4.74 Å². The quantitative estimate of drug-likeness (QED) is 0.847. The largest absolute Gasteiger partial charge is 0.465 e. The minimum atomic E-state index is -0.374.